The van der Waals surface area contributed by atoms with Crippen LogP contribution in [0.3, 0.4) is 0 Å². The molecule has 1 aromatic rings. The summed E-state index contributed by atoms with van der Waals surface area (Å²) in [6, 6.07) is 2.43. The van der Waals surface area contributed by atoms with Gasteiger partial charge < -0.3 is 5.32 Å². The van der Waals surface area contributed by atoms with Crippen LogP contribution in [-0.4, -0.2) is 11.0 Å². The zero-order valence-corrected chi connectivity index (χ0v) is 11.8. The molecule has 0 saturated carbocycles. The van der Waals surface area contributed by atoms with Gasteiger partial charge >= 0.3 is 0 Å². The van der Waals surface area contributed by atoms with Gasteiger partial charge in [0.25, 0.3) is 0 Å². The summed E-state index contributed by atoms with van der Waals surface area (Å²) in [5.74, 6) is 0. The van der Waals surface area contributed by atoms with Crippen molar-refractivity contribution in [3.05, 3.63) is 39.6 Å². The van der Waals surface area contributed by atoms with Gasteiger partial charge in [0.05, 0.1) is 5.69 Å². The third-order valence-corrected chi connectivity index (χ3v) is 3.14. The monoisotopic (exact) mass is 332 g/mol. The Balaban J connectivity index is 2.54. The van der Waals surface area contributed by atoms with E-state index in [1.165, 1.54) is 0 Å². The van der Waals surface area contributed by atoms with Crippen LogP contribution >= 0.6 is 31.9 Å². The zero-order valence-electron chi connectivity index (χ0n) is 8.63. The molecule has 0 aliphatic heterocycles. The van der Waals surface area contributed by atoms with Crippen molar-refractivity contribution < 1.29 is 0 Å². The number of nitrogens with one attached hydrogen (secondary N) is 1. The van der Waals surface area contributed by atoms with Crippen LogP contribution < -0.4 is 5.32 Å². The second-order valence-electron chi connectivity index (χ2n) is 3.39. The van der Waals surface area contributed by atoms with Gasteiger partial charge in [-0.1, -0.05) is 6.08 Å². The van der Waals surface area contributed by atoms with Crippen molar-refractivity contribution in [2.75, 3.05) is 0 Å². The summed E-state index contributed by atoms with van der Waals surface area (Å²) in [5, 5.41) is 3.38. The second kappa shape index (κ2) is 6.40. The standard InChI is InChI=1S/C11H14Br2N2/c1-3-4-8(2)14-7-11-10(13)5-9(12)6-15-11/h3,5-6,8,14H,1,4,7H2,2H3. The molecule has 0 bridgehead atoms. The van der Waals surface area contributed by atoms with Gasteiger partial charge in [0.15, 0.2) is 0 Å². The Bertz CT molecular complexity index is 339. The van der Waals surface area contributed by atoms with Gasteiger partial charge in [-0.15, -0.1) is 6.58 Å². The van der Waals surface area contributed by atoms with E-state index in [1.807, 2.05) is 12.1 Å². The molecule has 0 spiro atoms. The molecule has 4 heteroatoms. The fourth-order valence-corrected chi connectivity index (χ4v) is 2.30. The van der Waals surface area contributed by atoms with E-state index in [-0.39, 0.29) is 0 Å². The fraction of sp³-hybridized carbons (Fsp3) is 0.364. The molecule has 1 rings (SSSR count). The van der Waals surface area contributed by atoms with Gasteiger partial charge in [0.2, 0.25) is 0 Å². The van der Waals surface area contributed by atoms with Crippen molar-refractivity contribution in [2.24, 2.45) is 0 Å². The van der Waals surface area contributed by atoms with Gasteiger partial charge in [-0.3, -0.25) is 4.98 Å². The van der Waals surface area contributed by atoms with E-state index in [1.54, 1.807) is 6.20 Å². The number of aromatic nitrogens is 1. The minimum Gasteiger partial charge on any atom is -0.308 e. The van der Waals surface area contributed by atoms with E-state index in [0.717, 1.165) is 27.6 Å². The Hall–Kier alpha value is -0.190. The van der Waals surface area contributed by atoms with Crippen LogP contribution in [0.5, 0.6) is 0 Å². The van der Waals surface area contributed by atoms with Crippen molar-refractivity contribution in [3.63, 3.8) is 0 Å². The lowest BCUT2D eigenvalue weighted by Crippen LogP contribution is -2.25. The van der Waals surface area contributed by atoms with Crippen molar-refractivity contribution in [2.45, 2.75) is 25.9 Å². The van der Waals surface area contributed by atoms with E-state index in [9.17, 15) is 0 Å². The number of rotatable bonds is 5. The Morgan fingerprint density at radius 1 is 1.60 bits per heavy atom. The van der Waals surface area contributed by atoms with E-state index >= 15 is 0 Å². The van der Waals surface area contributed by atoms with Crippen molar-refractivity contribution in [3.8, 4) is 0 Å². The van der Waals surface area contributed by atoms with E-state index in [0.29, 0.717) is 6.04 Å². The summed E-state index contributed by atoms with van der Waals surface area (Å²) < 4.78 is 2.01. The van der Waals surface area contributed by atoms with Crippen molar-refractivity contribution in [1.29, 1.82) is 0 Å². The average Bonchev–Trinajstić information content (AvgIpc) is 2.17. The predicted octanol–water partition coefficient (Wildman–Crippen LogP) is 3.66. The largest absolute Gasteiger partial charge is 0.308 e. The minimum atomic E-state index is 0.430. The molecule has 1 aromatic heterocycles. The first kappa shape index (κ1) is 12.9. The number of hydrogen-bond acceptors (Lipinski definition) is 2. The number of nitrogens with zero attached hydrogens (tertiary/aromatic N) is 1. The highest BCUT2D eigenvalue weighted by atomic mass is 79.9. The topological polar surface area (TPSA) is 24.9 Å². The molecule has 1 unspecified atom stereocenters. The van der Waals surface area contributed by atoms with Crippen LogP contribution in [-0.2, 0) is 6.54 Å². The SMILES string of the molecule is C=CCC(C)NCc1ncc(Br)cc1Br. The molecular weight excluding hydrogens is 320 g/mol. The molecule has 2 nitrogen and oxygen atoms in total. The first-order valence-corrected chi connectivity index (χ1v) is 6.36. The van der Waals surface area contributed by atoms with Gasteiger partial charge in [0.1, 0.15) is 0 Å². The first-order valence-electron chi connectivity index (χ1n) is 4.77. The Morgan fingerprint density at radius 2 is 2.33 bits per heavy atom. The van der Waals surface area contributed by atoms with Crippen LogP contribution in [0, 0.1) is 0 Å². The first-order chi connectivity index (χ1) is 7.13. The maximum absolute atomic E-state index is 4.33. The third-order valence-electron chi connectivity index (χ3n) is 2.02. The molecule has 15 heavy (non-hydrogen) atoms. The van der Waals surface area contributed by atoms with E-state index in [4.69, 9.17) is 0 Å². The Kier molecular flexibility index (Phi) is 5.50. The fourth-order valence-electron chi connectivity index (χ4n) is 1.18. The van der Waals surface area contributed by atoms with Gasteiger partial charge in [-0.05, 0) is 51.3 Å². The van der Waals surface area contributed by atoms with E-state index < -0.39 is 0 Å². The number of hydrogen-bond donors (Lipinski definition) is 1. The molecule has 0 amide bonds. The van der Waals surface area contributed by atoms with Gasteiger partial charge in [0, 0.05) is 27.7 Å². The molecule has 0 radical (unpaired) electrons. The third kappa shape index (κ3) is 4.45. The maximum atomic E-state index is 4.33. The molecule has 0 aromatic carbocycles. The summed E-state index contributed by atoms with van der Waals surface area (Å²) >= 11 is 6.86. The number of halogens is 2. The summed E-state index contributed by atoms with van der Waals surface area (Å²) in [7, 11) is 0. The molecule has 0 saturated heterocycles. The molecule has 1 atom stereocenters. The highest BCUT2D eigenvalue weighted by molar-refractivity contribution is 9.11. The van der Waals surface area contributed by atoms with Crippen LogP contribution in [0.2, 0.25) is 0 Å². The van der Waals surface area contributed by atoms with Crippen LogP contribution in [0.25, 0.3) is 0 Å². The molecule has 1 heterocycles. The molecule has 82 valence electrons. The highest BCUT2D eigenvalue weighted by Gasteiger charge is 2.04. The summed E-state index contributed by atoms with van der Waals surface area (Å²) in [5.41, 5.74) is 1.02. The average molecular weight is 334 g/mol. The predicted molar refractivity (Wildman–Crippen MR) is 70.8 cm³/mol. The molecule has 0 aliphatic rings. The minimum absolute atomic E-state index is 0.430. The van der Waals surface area contributed by atoms with Crippen molar-refractivity contribution in [1.82, 2.24) is 10.3 Å². The summed E-state index contributed by atoms with van der Waals surface area (Å²) in [6.45, 7) is 6.61. The number of pyridine rings is 1. The van der Waals surface area contributed by atoms with Crippen molar-refractivity contribution >= 4 is 31.9 Å². The van der Waals surface area contributed by atoms with Crippen LogP contribution in [0.15, 0.2) is 33.9 Å². The highest BCUT2D eigenvalue weighted by Crippen LogP contribution is 2.19. The normalized spacial score (nSPS) is 12.5. The Labute approximate surface area is 107 Å². The van der Waals surface area contributed by atoms with Crippen LogP contribution in [0.1, 0.15) is 19.0 Å². The molecule has 0 fully saturated rings. The quantitative estimate of drug-likeness (QED) is 0.832. The molecule has 0 aliphatic carbocycles. The molecule has 1 N–H and O–H groups in total. The second-order valence-corrected chi connectivity index (χ2v) is 5.16. The van der Waals surface area contributed by atoms with E-state index in [2.05, 4.69) is 55.7 Å². The summed E-state index contributed by atoms with van der Waals surface area (Å²) in [6.07, 6.45) is 4.69. The lowest BCUT2D eigenvalue weighted by molar-refractivity contribution is 0.547. The van der Waals surface area contributed by atoms with Gasteiger partial charge in [-0.2, -0.15) is 0 Å². The Morgan fingerprint density at radius 3 is 2.93 bits per heavy atom. The smallest absolute Gasteiger partial charge is 0.0684 e. The summed E-state index contributed by atoms with van der Waals surface area (Å²) in [4.78, 5) is 4.33. The van der Waals surface area contributed by atoms with Gasteiger partial charge in [-0.25, -0.2) is 0 Å². The lowest BCUT2D eigenvalue weighted by Gasteiger charge is -2.11. The van der Waals surface area contributed by atoms with Crippen LogP contribution in [0.4, 0.5) is 0 Å². The zero-order chi connectivity index (χ0) is 11.3. The maximum Gasteiger partial charge on any atom is 0.0684 e. The molecular formula is C11H14Br2N2. The lowest BCUT2D eigenvalue weighted by atomic mass is 10.2.